The van der Waals surface area contributed by atoms with Crippen LogP contribution in [0, 0.1) is 6.92 Å². The van der Waals surface area contributed by atoms with E-state index in [9.17, 15) is 0 Å². The fourth-order valence-electron chi connectivity index (χ4n) is 1.82. The van der Waals surface area contributed by atoms with E-state index in [4.69, 9.17) is 10.2 Å². The zero-order valence-electron chi connectivity index (χ0n) is 10.3. The highest BCUT2D eigenvalue weighted by Crippen LogP contribution is 2.18. The molecular weight excluding hydrogens is 212 g/mol. The average Bonchev–Trinajstić information content (AvgIpc) is 2.75. The minimum Gasteiger partial charge on any atom is -0.464 e. The second kappa shape index (κ2) is 5.06. The molecule has 2 N–H and O–H groups in total. The molecule has 2 rings (SSSR count). The Morgan fingerprint density at radius 2 is 2.06 bits per heavy atom. The Bertz CT molecular complexity index is 490. The second-order valence-electron chi connectivity index (χ2n) is 4.24. The molecule has 0 spiro atoms. The van der Waals surface area contributed by atoms with Crippen molar-refractivity contribution in [3.8, 4) is 0 Å². The van der Waals surface area contributed by atoms with Gasteiger partial charge < -0.3 is 15.1 Å². The number of anilines is 1. The minimum atomic E-state index is 0.571. The number of furan rings is 1. The van der Waals surface area contributed by atoms with Gasteiger partial charge in [-0.3, -0.25) is 0 Å². The van der Waals surface area contributed by atoms with Gasteiger partial charge in [0.1, 0.15) is 11.5 Å². The van der Waals surface area contributed by atoms with E-state index >= 15 is 0 Å². The summed E-state index contributed by atoms with van der Waals surface area (Å²) in [6.07, 6.45) is 0. The van der Waals surface area contributed by atoms with Gasteiger partial charge in [0.05, 0.1) is 6.54 Å². The van der Waals surface area contributed by atoms with Crippen molar-refractivity contribution in [2.24, 2.45) is 5.73 Å². The predicted molar refractivity (Wildman–Crippen MR) is 69.9 cm³/mol. The smallest absolute Gasteiger partial charge is 0.123 e. The maximum atomic E-state index is 5.64. The van der Waals surface area contributed by atoms with Crippen molar-refractivity contribution in [2.75, 3.05) is 11.9 Å². The SMILES string of the molecule is Cc1ccc(CN(C)c2cccc(CN)c2)o1. The molecule has 90 valence electrons. The van der Waals surface area contributed by atoms with Gasteiger partial charge in [-0.1, -0.05) is 12.1 Å². The molecule has 3 heteroatoms. The van der Waals surface area contributed by atoms with Gasteiger partial charge in [-0.2, -0.15) is 0 Å². The molecule has 3 nitrogen and oxygen atoms in total. The predicted octanol–water partition coefficient (Wildman–Crippen LogP) is 2.68. The molecule has 1 heterocycles. The molecule has 1 aromatic carbocycles. The molecule has 17 heavy (non-hydrogen) atoms. The molecule has 2 aromatic rings. The fourth-order valence-corrected chi connectivity index (χ4v) is 1.82. The van der Waals surface area contributed by atoms with Crippen LogP contribution in [0.1, 0.15) is 17.1 Å². The lowest BCUT2D eigenvalue weighted by atomic mass is 10.2. The van der Waals surface area contributed by atoms with Crippen LogP contribution in [0.3, 0.4) is 0 Å². The summed E-state index contributed by atoms with van der Waals surface area (Å²) in [5.74, 6) is 1.92. The Kier molecular flexibility index (Phi) is 3.49. The molecule has 0 fully saturated rings. The largest absolute Gasteiger partial charge is 0.464 e. The van der Waals surface area contributed by atoms with Crippen molar-refractivity contribution in [3.63, 3.8) is 0 Å². The molecule has 0 saturated heterocycles. The summed E-state index contributed by atoms with van der Waals surface area (Å²) < 4.78 is 5.57. The Morgan fingerprint density at radius 3 is 2.71 bits per heavy atom. The summed E-state index contributed by atoms with van der Waals surface area (Å²) in [6.45, 7) is 3.29. The molecule has 0 amide bonds. The molecule has 0 atom stereocenters. The summed E-state index contributed by atoms with van der Waals surface area (Å²) in [4.78, 5) is 2.15. The third-order valence-corrected chi connectivity index (χ3v) is 2.78. The van der Waals surface area contributed by atoms with Crippen molar-refractivity contribution in [1.82, 2.24) is 0 Å². The van der Waals surface area contributed by atoms with E-state index in [2.05, 4.69) is 17.0 Å². The molecule has 0 unspecified atom stereocenters. The van der Waals surface area contributed by atoms with Crippen molar-refractivity contribution >= 4 is 5.69 Å². The third kappa shape index (κ3) is 2.88. The van der Waals surface area contributed by atoms with Gasteiger partial charge in [0.15, 0.2) is 0 Å². The van der Waals surface area contributed by atoms with E-state index in [-0.39, 0.29) is 0 Å². The zero-order valence-corrected chi connectivity index (χ0v) is 10.3. The number of rotatable bonds is 4. The van der Waals surface area contributed by atoms with Gasteiger partial charge in [0, 0.05) is 19.3 Å². The highest BCUT2D eigenvalue weighted by atomic mass is 16.3. The van der Waals surface area contributed by atoms with Crippen LogP contribution in [0.25, 0.3) is 0 Å². The lowest BCUT2D eigenvalue weighted by Crippen LogP contribution is -2.16. The molecule has 0 aliphatic carbocycles. The van der Waals surface area contributed by atoms with Crippen molar-refractivity contribution < 1.29 is 4.42 Å². The van der Waals surface area contributed by atoms with E-state index in [1.807, 2.05) is 38.2 Å². The molecule has 0 aliphatic heterocycles. The van der Waals surface area contributed by atoms with Crippen LogP contribution in [0.5, 0.6) is 0 Å². The second-order valence-corrected chi connectivity index (χ2v) is 4.24. The first-order chi connectivity index (χ1) is 8.19. The van der Waals surface area contributed by atoms with Gasteiger partial charge in [0.25, 0.3) is 0 Å². The zero-order chi connectivity index (χ0) is 12.3. The van der Waals surface area contributed by atoms with Crippen molar-refractivity contribution in [2.45, 2.75) is 20.0 Å². The molecular formula is C14H18N2O. The standard InChI is InChI=1S/C14H18N2O/c1-11-6-7-14(17-11)10-16(2)13-5-3-4-12(8-13)9-15/h3-8H,9-10,15H2,1-2H3. The molecule has 0 saturated carbocycles. The molecule has 0 aliphatic rings. The highest BCUT2D eigenvalue weighted by Gasteiger charge is 2.05. The number of nitrogens with zero attached hydrogens (tertiary/aromatic N) is 1. The number of aryl methyl sites for hydroxylation is 1. The van der Waals surface area contributed by atoms with Gasteiger partial charge in [-0.15, -0.1) is 0 Å². The third-order valence-electron chi connectivity index (χ3n) is 2.78. The lowest BCUT2D eigenvalue weighted by molar-refractivity contribution is 0.482. The van der Waals surface area contributed by atoms with Gasteiger partial charge in [0.2, 0.25) is 0 Å². The number of nitrogens with two attached hydrogens (primary N) is 1. The maximum Gasteiger partial charge on any atom is 0.123 e. The van der Waals surface area contributed by atoms with Gasteiger partial charge >= 0.3 is 0 Å². The van der Waals surface area contributed by atoms with E-state index < -0.39 is 0 Å². The Balaban J connectivity index is 2.11. The van der Waals surface area contributed by atoms with E-state index in [1.54, 1.807) is 0 Å². The molecule has 0 radical (unpaired) electrons. The number of benzene rings is 1. The lowest BCUT2D eigenvalue weighted by Gasteiger charge is -2.18. The minimum absolute atomic E-state index is 0.571. The Morgan fingerprint density at radius 1 is 1.24 bits per heavy atom. The van der Waals surface area contributed by atoms with Crippen LogP contribution in [0.4, 0.5) is 5.69 Å². The van der Waals surface area contributed by atoms with Crippen LogP contribution >= 0.6 is 0 Å². The van der Waals surface area contributed by atoms with Gasteiger partial charge in [-0.25, -0.2) is 0 Å². The van der Waals surface area contributed by atoms with Crippen LogP contribution in [-0.2, 0) is 13.1 Å². The normalized spacial score (nSPS) is 10.5. The summed E-state index contributed by atoms with van der Waals surface area (Å²) in [5, 5.41) is 0. The van der Waals surface area contributed by atoms with Crippen LogP contribution < -0.4 is 10.6 Å². The number of hydrogen-bond acceptors (Lipinski definition) is 3. The summed E-state index contributed by atoms with van der Waals surface area (Å²) >= 11 is 0. The first-order valence-electron chi connectivity index (χ1n) is 5.74. The van der Waals surface area contributed by atoms with Crippen molar-refractivity contribution in [3.05, 3.63) is 53.5 Å². The monoisotopic (exact) mass is 230 g/mol. The van der Waals surface area contributed by atoms with Crippen LogP contribution in [-0.4, -0.2) is 7.05 Å². The Labute approximate surface area is 102 Å². The number of hydrogen-bond donors (Lipinski definition) is 1. The van der Waals surface area contributed by atoms with E-state index in [0.29, 0.717) is 6.54 Å². The topological polar surface area (TPSA) is 42.4 Å². The van der Waals surface area contributed by atoms with Crippen LogP contribution in [0.2, 0.25) is 0 Å². The molecule has 1 aromatic heterocycles. The van der Waals surface area contributed by atoms with Crippen LogP contribution in [0.15, 0.2) is 40.8 Å². The Hall–Kier alpha value is -1.74. The summed E-state index contributed by atoms with van der Waals surface area (Å²) in [5.41, 5.74) is 7.94. The van der Waals surface area contributed by atoms with E-state index in [1.165, 1.54) is 0 Å². The molecule has 0 bridgehead atoms. The first kappa shape index (κ1) is 11.7. The summed E-state index contributed by atoms with van der Waals surface area (Å²) in [6, 6.07) is 12.2. The first-order valence-corrected chi connectivity index (χ1v) is 5.74. The maximum absolute atomic E-state index is 5.64. The summed E-state index contributed by atoms with van der Waals surface area (Å²) in [7, 11) is 2.05. The van der Waals surface area contributed by atoms with E-state index in [0.717, 1.165) is 29.3 Å². The van der Waals surface area contributed by atoms with Crippen molar-refractivity contribution in [1.29, 1.82) is 0 Å². The average molecular weight is 230 g/mol. The fraction of sp³-hybridized carbons (Fsp3) is 0.286. The quantitative estimate of drug-likeness (QED) is 0.878. The van der Waals surface area contributed by atoms with Gasteiger partial charge in [-0.05, 0) is 36.8 Å². The highest BCUT2D eigenvalue weighted by molar-refractivity contribution is 5.48.